The fraction of sp³-hybridized carbons (Fsp3) is 0.625. The molecule has 1 aromatic rings. The summed E-state index contributed by atoms with van der Waals surface area (Å²) in [4.78, 5) is 0. The molecule has 0 bridgehead atoms. The van der Waals surface area contributed by atoms with Crippen LogP contribution in [0.15, 0.2) is 28.7 Å². The van der Waals surface area contributed by atoms with Crippen molar-refractivity contribution in [3.05, 3.63) is 34.3 Å². The summed E-state index contributed by atoms with van der Waals surface area (Å²) in [6, 6.07) is 9.34. The van der Waals surface area contributed by atoms with E-state index in [2.05, 4.69) is 59.4 Å². The zero-order chi connectivity index (χ0) is 13.0. The summed E-state index contributed by atoms with van der Waals surface area (Å²) in [5.41, 5.74) is 1.85. The van der Waals surface area contributed by atoms with Crippen LogP contribution in [0.1, 0.15) is 57.6 Å². The first-order valence-electron chi connectivity index (χ1n) is 7.14. The Morgan fingerprint density at radius 3 is 2.33 bits per heavy atom. The molecule has 18 heavy (non-hydrogen) atoms. The van der Waals surface area contributed by atoms with Gasteiger partial charge in [0, 0.05) is 10.5 Å². The Balaban J connectivity index is 2.23. The normalized spacial score (nSPS) is 20.6. The number of rotatable bonds is 4. The molecule has 0 amide bonds. The van der Waals surface area contributed by atoms with Crippen molar-refractivity contribution in [1.82, 2.24) is 5.32 Å². The molecule has 1 atom stereocenters. The maximum atomic E-state index is 3.71. The first kappa shape index (κ1) is 14.1. The van der Waals surface area contributed by atoms with Crippen molar-refractivity contribution in [2.24, 2.45) is 5.41 Å². The lowest BCUT2D eigenvalue weighted by Crippen LogP contribution is -2.37. The highest BCUT2D eigenvalue weighted by Crippen LogP contribution is 2.45. The Kier molecular flexibility index (Phi) is 4.85. The molecule has 1 nitrogen and oxygen atoms in total. The highest BCUT2D eigenvalue weighted by Gasteiger charge is 2.35. The number of benzene rings is 1. The van der Waals surface area contributed by atoms with E-state index < -0.39 is 0 Å². The lowest BCUT2D eigenvalue weighted by atomic mass is 9.68. The second kappa shape index (κ2) is 6.21. The highest BCUT2D eigenvalue weighted by molar-refractivity contribution is 9.10. The minimum Gasteiger partial charge on any atom is -0.310 e. The zero-order valence-electron chi connectivity index (χ0n) is 11.5. The molecule has 0 aromatic heterocycles. The van der Waals surface area contributed by atoms with Crippen LogP contribution in [0.3, 0.4) is 0 Å². The summed E-state index contributed by atoms with van der Waals surface area (Å²) in [5.74, 6) is 0. The third kappa shape index (κ3) is 3.16. The monoisotopic (exact) mass is 309 g/mol. The molecule has 100 valence electrons. The molecule has 1 aliphatic carbocycles. The first-order valence-corrected chi connectivity index (χ1v) is 7.94. The van der Waals surface area contributed by atoms with Crippen LogP contribution in [-0.2, 0) is 0 Å². The van der Waals surface area contributed by atoms with Gasteiger partial charge in [-0.15, -0.1) is 0 Å². The van der Waals surface area contributed by atoms with Gasteiger partial charge >= 0.3 is 0 Å². The number of hydrogen-bond donors (Lipinski definition) is 1. The van der Waals surface area contributed by atoms with Crippen LogP contribution in [0.25, 0.3) is 0 Å². The molecule has 0 radical (unpaired) electrons. The predicted octanol–water partition coefficient (Wildman–Crippen LogP) is 5.07. The van der Waals surface area contributed by atoms with E-state index in [4.69, 9.17) is 0 Å². The molecule has 1 unspecified atom stereocenters. The SMILES string of the molecule is CCNC(c1ccc(Br)cc1)C1(C)CCCCC1. The highest BCUT2D eigenvalue weighted by atomic mass is 79.9. The minimum absolute atomic E-state index is 0.419. The van der Waals surface area contributed by atoms with Crippen LogP contribution in [0.5, 0.6) is 0 Å². The van der Waals surface area contributed by atoms with Gasteiger partial charge in [-0.05, 0) is 42.5 Å². The summed E-state index contributed by atoms with van der Waals surface area (Å²) in [6.45, 7) is 5.70. The predicted molar refractivity (Wildman–Crippen MR) is 81.8 cm³/mol. The van der Waals surface area contributed by atoms with Gasteiger partial charge in [-0.25, -0.2) is 0 Å². The average Bonchev–Trinajstić information content (AvgIpc) is 2.38. The molecule has 1 fully saturated rings. The van der Waals surface area contributed by atoms with Gasteiger partial charge in [0.15, 0.2) is 0 Å². The van der Waals surface area contributed by atoms with Gasteiger partial charge in [0.05, 0.1) is 0 Å². The van der Waals surface area contributed by atoms with Gasteiger partial charge in [-0.1, -0.05) is 61.2 Å². The van der Waals surface area contributed by atoms with Crippen molar-refractivity contribution in [1.29, 1.82) is 0 Å². The molecule has 0 aliphatic heterocycles. The molecular weight excluding hydrogens is 286 g/mol. The van der Waals surface area contributed by atoms with Crippen LogP contribution >= 0.6 is 15.9 Å². The fourth-order valence-corrected chi connectivity index (χ4v) is 3.54. The maximum absolute atomic E-state index is 3.71. The summed E-state index contributed by atoms with van der Waals surface area (Å²) >= 11 is 3.52. The summed E-state index contributed by atoms with van der Waals surface area (Å²) in [5, 5.41) is 3.71. The van der Waals surface area contributed by atoms with E-state index >= 15 is 0 Å². The van der Waals surface area contributed by atoms with Crippen molar-refractivity contribution >= 4 is 15.9 Å². The zero-order valence-corrected chi connectivity index (χ0v) is 13.1. The van der Waals surface area contributed by atoms with E-state index in [1.54, 1.807) is 0 Å². The van der Waals surface area contributed by atoms with E-state index in [9.17, 15) is 0 Å². The fourth-order valence-electron chi connectivity index (χ4n) is 3.27. The lowest BCUT2D eigenvalue weighted by Gasteiger charge is -2.41. The summed E-state index contributed by atoms with van der Waals surface area (Å²) in [6.07, 6.45) is 6.88. The molecule has 1 aromatic carbocycles. The van der Waals surface area contributed by atoms with Gasteiger partial charge < -0.3 is 5.32 Å². The van der Waals surface area contributed by atoms with Crippen molar-refractivity contribution in [2.45, 2.75) is 52.0 Å². The number of hydrogen-bond acceptors (Lipinski definition) is 1. The molecular formula is C16H24BrN. The topological polar surface area (TPSA) is 12.0 Å². The standard InChI is InChI=1S/C16H24BrN/c1-3-18-15(13-7-9-14(17)10-8-13)16(2)11-5-4-6-12-16/h7-10,15,18H,3-6,11-12H2,1-2H3. The second-order valence-electron chi connectivity index (χ2n) is 5.76. The number of halogens is 1. The van der Waals surface area contributed by atoms with Crippen molar-refractivity contribution < 1.29 is 0 Å². The number of nitrogens with one attached hydrogen (secondary N) is 1. The molecule has 0 spiro atoms. The molecule has 1 saturated carbocycles. The van der Waals surface area contributed by atoms with E-state index in [1.807, 2.05) is 0 Å². The average molecular weight is 310 g/mol. The van der Waals surface area contributed by atoms with Crippen LogP contribution in [0.4, 0.5) is 0 Å². The van der Waals surface area contributed by atoms with Crippen molar-refractivity contribution in [2.75, 3.05) is 6.54 Å². The Labute approximate surface area is 119 Å². The van der Waals surface area contributed by atoms with Gasteiger partial charge in [-0.3, -0.25) is 0 Å². The molecule has 0 saturated heterocycles. The van der Waals surface area contributed by atoms with Gasteiger partial charge in [0.1, 0.15) is 0 Å². The molecule has 1 aliphatic rings. The lowest BCUT2D eigenvalue weighted by molar-refractivity contribution is 0.146. The van der Waals surface area contributed by atoms with Gasteiger partial charge in [-0.2, -0.15) is 0 Å². The Bertz CT molecular complexity index is 365. The van der Waals surface area contributed by atoms with E-state index in [-0.39, 0.29) is 0 Å². The van der Waals surface area contributed by atoms with Crippen molar-refractivity contribution in [3.8, 4) is 0 Å². The summed E-state index contributed by atoms with van der Waals surface area (Å²) in [7, 11) is 0. The van der Waals surface area contributed by atoms with E-state index in [0.29, 0.717) is 11.5 Å². The Morgan fingerprint density at radius 1 is 1.17 bits per heavy atom. The van der Waals surface area contributed by atoms with Crippen LogP contribution in [-0.4, -0.2) is 6.54 Å². The van der Waals surface area contributed by atoms with Crippen LogP contribution in [0.2, 0.25) is 0 Å². The third-order valence-electron chi connectivity index (χ3n) is 4.30. The summed E-state index contributed by atoms with van der Waals surface area (Å²) < 4.78 is 1.16. The van der Waals surface area contributed by atoms with E-state index in [0.717, 1.165) is 11.0 Å². The second-order valence-corrected chi connectivity index (χ2v) is 6.67. The molecule has 2 heteroatoms. The van der Waals surface area contributed by atoms with Crippen molar-refractivity contribution in [3.63, 3.8) is 0 Å². The molecule has 0 heterocycles. The quantitative estimate of drug-likeness (QED) is 0.818. The molecule has 1 N–H and O–H groups in total. The minimum atomic E-state index is 0.419. The smallest absolute Gasteiger partial charge is 0.0374 e. The first-order chi connectivity index (χ1) is 8.65. The molecule has 2 rings (SSSR count). The van der Waals surface area contributed by atoms with E-state index in [1.165, 1.54) is 37.7 Å². The largest absolute Gasteiger partial charge is 0.310 e. The van der Waals surface area contributed by atoms with Crippen LogP contribution in [0, 0.1) is 5.41 Å². The third-order valence-corrected chi connectivity index (χ3v) is 4.83. The van der Waals surface area contributed by atoms with Gasteiger partial charge in [0.2, 0.25) is 0 Å². The Morgan fingerprint density at radius 2 is 1.78 bits per heavy atom. The van der Waals surface area contributed by atoms with Gasteiger partial charge in [0.25, 0.3) is 0 Å². The maximum Gasteiger partial charge on any atom is 0.0374 e. The van der Waals surface area contributed by atoms with Crippen LogP contribution < -0.4 is 5.32 Å². The Hall–Kier alpha value is -0.340.